The van der Waals surface area contributed by atoms with Gasteiger partial charge in [0.25, 0.3) is 0 Å². The first-order chi connectivity index (χ1) is 12.8. The van der Waals surface area contributed by atoms with Crippen molar-refractivity contribution in [2.24, 2.45) is 0 Å². The number of ether oxygens (including phenoxy) is 1. The van der Waals surface area contributed by atoms with E-state index in [0.717, 1.165) is 20.1 Å². The quantitative estimate of drug-likeness (QED) is 0.515. The third kappa shape index (κ3) is 4.94. The number of nitrogens with zero attached hydrogens (tertiary/aromatic N) is 1. The van der Waals surface area contributed by atoms with Crippen LogP contribution >= 0.6 is 34.7 Å². The van der Waals surface area contributed by atoms with E-state index in [4.69, 9.17) is 16.3 Å². The van der Waals surface area contributed by atoms with Crippen LogP contribution in [0, 0.1) is 0 Å². The summed E-state index contributed by atoms with van der Waals surface area (Å²) in [6.45, 7) is 6.40. The Labute approximate surface area is 172 Å². The van der Waals surface area contributed by atoms with Gasteiger partial charge in [-0.3, -0.25) is 4.79 Å². The van der Waals surface area contributed by atoms with Gasteiger partial charge >= 0.3 is 0 Å². The number of carbonyl (C=O) groups excluding carboxylic acids is 1. The second-order valence-electron chi connectivity index (χ2n) is 7.09. The Morgan fingerprint density at radius 3 is 2.74 bits per heavy atom. The number of hydrogen-bond donors (Lipinski definition) is 1. The molecule has 0 fully saturated rings. The molecular weight excluding hydrogens is 400 g/mol. The van der Waals surface area contributed by atoms with Crippen molar-refractivity contribution in [2.75, 3.05) is 18.2 Å². The van der Waals surface area contributed by atoms with Crippen LogP contribution in [-0.2, 0) is 10.2 Å². The molecule has 3 rings (SSSR count). The minimum Gasteiger partial charge on any atom is -0.495 e. The summed E-state index contributed by atoms with van der Waals surface area (Å²) in [4.78, 5) is 17.0. The van der Waals surface area contributed by atoms with Crippen LogP contribution in [0.25, 0.3) is 10.2 Å². The number of fused-ring (bicyclic) bond motifs is 1. The molecule has 3 aromatic rings. The van der Waals surface area contributed by atoms with Crippen LogP contribution in [-0.4, -0.2) is 23.8 Å². The number of methoxy groups -OCH3 is 1. The molecule has 0 saturated heterocycles. The maximum absolute atomic E-state index is 12.5. The lowest BCUT2D eigenvalue weighted by molar-refractivity contribution is -0.113. The number of hydrogen-bond acceptors (Lipinski definition) is 5. The van der Waals surface area contributed by atoms with Crippen molar-refractivity contribution in [1.82, 2.24) is 4.98 Å². The molecule has 27 heavy (non-hydrogen) atoms. The predicted molar refractivity (Wildman–Crippen MR) is 116 cm³/mol. The minimum absolute atomic E-state index is 0.0111. The zero-order chi connectivity index (χ0) is 19.6. The molecule has 142 valence electrons. The monoisotopic (exact) mass is 420 g/mol. The molecule has 0 atom stereocenters. The average Bonchev–Trinajstić information content (AvgIpc) is 3.01. The molecule has 4 nitrogen and oxygen atoms in total. The Kier molecular flexibility index (Phi) is 5.99. The number of rotatable bonds is 5. The molecule has 1 N–H and O–H groups in total. The van der Waals surface area contributed by atoms with E-state index in [1.54, 1.807) is 18.4 Å². The first kappa shape index (κ1) is 20.0. The lowest BCUT2D eigenvalue weighted by Crippen LogP contribution is -2.16. The number of halogens is 1. The van der Waals surface area contributed by atoms with Crippen molar-refractivity contribution < 1.29 is 9.53 Å². The summed E-state index contributed by atoms with van der Waals surface area (Å²) in [5.74, 6) is 0.828. The fraction of sp³-hybridized carbons (Fsp3) is 0.300. The third-order valence-electron chi connectivity index (χ3n) is 4.00. The van der Waals surface area contributed by atoms with Crippen LogP contribution in [0.4, 0.5) is 5.69 Å². The number of anilines is 1. The average molecular weight is 421 g/mol. The Bertz CT molecular complexity index is 980. The van der Waals surface area contributed by atoms with Gasteiger partial charge in [-0.25, -0.2) is 4.98 Å². The van der Waals surface area contributed by atoms with Crippen molar-refractivity contribution in [3.8, 4) is 5.75 Å². The van der Waals surface area contributed by atoms with Crippen LogP contribution in [0.5, 0.6) is 5.75 Å². The number of thioether (sulfide) groups is 1. The highest BCUT2D eigenvalue weighted by atomic mass is 35.5. The predicted octanol–water partition coefficient (Wildman–Crippen LogP) is 5.99. The van der Waals surface area contributed by atoms with E-state index in [1.165, 1.54) is 11.8 Å². The van der Waals surface area contributed by atoms with E-state index >= 15 is 0 Å². The van der Waals surface area contributed by atoms with Gasteiger partial charge in [0, 0.05) is 5.02 Å². The normalized spacial score (nSPS) is 11.6. The molecule has 0 aliphatic rings. The van der Waals surface area contributed by atoms with Gasteiger partial charge in [-0.2, -0.15) is 0 Å². The Hall–Kier alpha value is -1.76. The molecule has 1 aromatic heterocycles. The van der Waals surface area contributed by atoms with E-state index in [9.17, 15) is 4.79 Å². The molecule has 1 amide bonds. The Balaban J connectivity index is 1.69. The molecule has 0 aliphatic carbocycles. The maximum atomic E-state index is 12.5. The first-order valence-corrected chi connectivity index (χ1v) is 10.6. The van der Waals surface area contributed by atoms with Gasteiger partial charge in [0.1, 0.15) is 5.75 Å². The molecular formula is C20H21ClN2O2S2. The number of benzene rings is 2. The van der Waals surface area contributed by atoms with Crippen LogP contribution < -0.4 is 10.1 Å². The summed E-state index contributed by atoms with van der Waals surface area (Å²) in [5, 5.41) is 3.62. The SMILES string of the molecule is COc1ccc(C(C)(C)C)cc1NC(=O)CSc1nc2cc(Cl)ccc2s1. The summed E-state index contributed by atoms with van der Waals surface area (Å²) in [6, 6.07) is 11.5. The first-order valence-electron chi connectivity index (χ1n) is 8.43. The van der Waals surface area contributed by atoms with Gasteiger partial charge in [0.2, 0.25) is 5.91 Å². The second-order valence-corrected chi connectivity index (χ2v) is 9.78. The number of amides is 1. The highest BCUT2D eigenvalue weighted by Crippen LogP contribution is 2.33. The van der Waals surface area contributed by atoms with Gasteiger partial charge in [-0.15, -0.1) is 11.3 Å². The van der Waals surface area contributed by atoms with Crippen molar-refractivity contribution >= 4 is 56.5 Å². The highest BCUT2D eigenvalue weighted by Gasteiger charge is 2.17. The van der Waals surface area contributed by atoms with Crippen LogP contribution in [0.3, 0.4) is 0 Å². The lowest BCUT2D eigenvalue weighted by Gasteiger charge is -2.21. The van der Waals surface area contributed by atoms with Gasteiger partial charge in [0.15, 0.2) is 4.34 Å². The maximum Gasteiger partial charge on any atom is 0.234 e. The van der Waals surface area contributed by atoms with E-state index in [0.29, 0.717) is 16.5 Å². The second kappa shape index (κ2) is 8.09. The molecule has 0 radical (unpaired) electrons. The molecule has 2 aromatic carbocycles. The van der Waals surface area contributed by atoms with E-state index in [2.05, 4.69) is 31.1 Å². The summed E-state index contributed by atoms with van der Waals surface area (Å²) < 4.78 is 7.29. The highest BCUT2D eigenvalue weighted by molar-refractivity contribution is 8.01. The van der Waals surface area contributed by atoms with Gasteiger partial charge in [-0.1, -0.05) is 50.2 Å². The minimum atomic E-state index is -0.0957. The molecule has 0 bridgehead atoms. The van der Waals surface area contributed by atoms with Crippen molar-refractivity contribution in [3.63, 3.8) is 0 Å². The lowest BCUT2D eigenvalue weighted by atomic mass is 9.87. The smallest absolute Gasteiger partial charge is 0.234 e. The van der Waals surface area contributed by atoms with Crippen molar-refractivity contribution in [3.05, 3.63) is 47.0 Å². The number of nitrogens with one attached hydrogen (secondary N) is 1. The summed E-state index contributed by atoms with van der Waals surface area (Å²) in [7, 11) is 1.60. The zero-order valence-corrected chi connectivity index (χ0v) is 18.0. The fourth-order valence-electron chi connectivity index (χ4n) is 2.53. The van der Waals surface area contributed by atoms with E-state index < -0.39 is 0 Å². The van der Waals surface area contributed by atoms with Crippen LogP contribution in [0.1, 0.15) is 26.3 Å². The molecule has 0 saturated carbocycles. The van der Waals surface area contributed by atoms with Crippen LogP contribution in [0.15, 0.2) is 40.7 Å². The molecule has 0 unspecified atom stereocenters. The standard InChI is InChI=1S/C20H21ClN2O2S2/c1-20(2,3)12-5-7-16(25-4)14(9-12)22-18(24)11-26-19-23-15-10-13(21)6-8-17(15)27-19/h5-10H,11H2,1-4H3,(H,22,24). The Morgan fingerprint density at radius 2 is 2.04 bits per heavy atom. The fourth-order valence-corrected chi connectivity index (χ4v) is 4.54. The van der Waals surface area contributed by atoms with Crippen LogP contribution in [0.2, 0.25) is 5.02 Å². The largest absolute Gasteiger partial charge is 0.495 e. The molecule has 0 spiro atoms. The topological polar surface area (TPSA) is 51.2 Å². The van der Waals surface area contributed by atoms with Crippen molar-refractivity contribution in [1.29, 1.82) is 0 Å². The summed E-state index contributed by atoms with van der Waals surface area (Å²) in [5.41, 5.74) is 2.67. The van der Waals surface area contributed by atoms with Gasteiger partial charge in [0.05, 0.1) is 28.8 Å². The van der Waals surface area contributed by atoms with Gasteiger partial charge in [-0.05, 0) is 41.3 Å². The molecule has 0 aliphatic heterocycles. The summed E-state index contributed by atoms with van der Waals surface area (Å²) in [6.07, 6.45) is 0. The van der Waals surface area contributed by atoms with Crippen molar-refractivity contribution in [2.45, 2.75) is 30.5 Å². The number of thiazole rings is 1. The molecule has 1 heterocycles. The van der Waals surface area contributed by atoms with E-state index in [-0.39, 0.29) is 17.1 Å². The number of carbonyl (C=O) groups is 1. The Morgan fingerprint density at radius 1 is 1.26 bits per heavy atom. The van der Waals surface area contributed by atoms with Gasteiger partial charge < -0.3 is 10.1 Å². The summed E-state index contributed by atoms with van der Waals surface area (Å²) >= 11 is 8.97. The van der Waals surface area contributed by atoms with E-state index in [1.807, 2.05) is 36.4 Å². The third-order valence-corrected chi connectivity index (χ3v) is 6.41. The molecule has 7 heteroatoms. The number of aromatic nitrogens is 1. The zero-order valence-electron chi connectivity index (χ0n) is 15.6.